The first-order chi connectivity index (χ1) is 14.1. The number of thiophene rings is 1. The molecule has 6 nitrogen and oxygen atoms in total. The van der Waals surface area contributed by atoms with Gasteiger partial charge in [-0.1, -0.05) is 6.07 Å². The molecule has 158 valence electrons. The highest BCUT2D eigenvalue weighted by atomic mass is 32.1. The van der Waals surface area contributed by atoms with Crippen LogP contribution in [0.4, 0.5) is 13.2 Å². The highest BCUT2D eigenvalue weighted by molar-refractivity contribution is 7.20. The minimum Gasteiger partial charge on any atom is -0.335 e. The fourth-order valence-corrected chi connectivity index (χ4v) is 4.68. The van der Waals surface area contributed by atoms with E-state index in [2.05, 4.69) is 5.10 Å². The summed E-state index contributed by atoms with van der Waals surface area (Å²) in [6.45, 7) is 3.09. The average molecular weight is 436 g/mol. The van der Waals surface area contributed by atoms with Crippen molar-refractivity contribution in [3.8, 4) is 0 Å². The Morgan fingerprint density at radius 3 is 2.27 bits per heavy atom. The van der Waals surface area contributed by atoms with E-state index in [1.165, 1.54) is 28.4 Å². The maximum absolute atomic E-state index is 12.9. The molecule has 2 aromatic heterocycles. The molecule has 0 spiro atoms. The summed E-state index contributed by atoms with van der Waals surface area (Å²) >= 11 is 1.38. The molecule has 0 radical (unpaired) electrons. The normalized spacial score (nSPS) is 15.1. The molecule has 4 rings (SSSR count). The van der Waals surface area contributed by atoms with Crippen molar-refractivity contribution in [2.75, 3.05) is 26.2 Å². The molecule has 2 amide bonds. The van der Waals surface area contributed by atoms with Crippen molar-refractivity contribution in [3.05, 3.63) is 52.0 Å². The Balaban J connectivity index is 1.43. The van der Waals surface area contributed by atoms with E-state index in [1.54, 1.807) is 9.58 Å². The molecule has 0 saturated carbocycles. The van der Waals surface area contributed by atoms with Crippen LogP contribution in [0.2, 0.25) is 0 Å². The number of rotatable bonds is 2. The van der Waals surface area contributed by atoms with Crippen LogP contribution in [0.15, 0.2) is 30.3 Å². The molecule has 10 heteroatoms. The number of hydrogen-bond donors (Lipinski definition) is 0. The van der Waals surface area contributed by atoms with Crippen LogP contribution in [0.1, 0.15) is 31.3 Å². The number of halogens is 3. The van der Waals surface area contributed by atoms with E-state index in [0.29, 0.717) is 18.0 Å². The lowest BCUT2D eigenvalue weighted by atomic mass is 10.1. The van der Waals surface area contributed by atoms with Gasteiger partial charge in [0.15, 0.2) is 0 Å². The lowest BCUT2D eigenvalue weighted by Crippen LogP contribution is -2.50. The summed E-state index contributed by atoms with van der Waals surface area (Å²) in [5.74, 6) is -0.571. The second kappa shape index (κ2) is 7.42. The highest BCUT2D eigenvalue weighted by Crippen LogP contribution is 2.30. The van der Waals surface area contributed by atoms with Crippen LogP contribution >= 0.6 is 11.3 Å². The van der Waals surface area contributed by atoms with Gasteiger partial charge in [-0.25, -0.2) is 0 Å². The molecule has 0 unspecified atom stereocenters. The van der Waals surface area contributed by atoms with E-state index in [1.807, 2.05) is 20.0 Å². The summed E-state index contributed by atoms with van der Waals surface area (Å²) in [5, 5.41) is 5.28. The van der Waals surface area contributed by atoms with E-state index in [-0.39, 0.29) is 24.6 Å². The number of carbonyl (C=O) groups is 2. The predicted octanol–water partition coefficient (Wildman–Crippen LogP) is 3.56. The molecule has 3 aromatic rings. The summed E-state index contributed by atoms with van der Waals surface area (Å²) in [5.41, 5.74) is 0.00750. The number of hydrogen-bond acceptors (Lipinski definition) is 4. The van der Waals surface area contributed by atoms with Gasteiger partial charge in [0.1, 0.15) is 4.83 Å². The van der Waals surface area contributed by atoms with Crippen LogP contribution < -0.4 is 0 Å². The van der Waals surface area contributed by atoms with Gasteiger partial charge in [0.25, 0.3) is 11.8 Å². The van der Waals surface area contributed by atoms with Crippen molar-refractivity contribution < 1.29 is 22.8 Å². The fourth-order valence-electron chi connectivity index (χ4n) is 3.59. The Labute approximate surface area is 174 Å². The van der Waals surface area contributed by atoms with E-state index >= 15 is 0 Å². The maximum Gasteiger partial charge on any atom is 0.416 e. The molecule has 1 aliphatic heterocycles. The lowest BCUT2D eigenvalue weighted by molar-refractivity contribution is -0.137. The van der Waals surface area contributed by atoms with Crippen molar-refractivity contribution >= 4 is 33.4 Å². The lowest BCUT2D eigenvalue weighted by Gasteiger charge is -2.34. The first kappa shape index (κ1) is 20.4. The van der Waals surface area contributed by atoms with Gasteiger partial charge in [0.05, 0.1) is 16.1 Å². The molecule has 1 aliphatic rings. The quantitative estimate of drug-likeness (QED) is 0.617. The van der Waals surface area contributed by atoms with Crippen LogP contribution in [0.5, 0.6) is 0 Å². The molecule has 0 atom stereocenters. The van der Waals surface area contributed by atoms with E-state index in [9.17, 15) is 22.8 Å². The summed E-state index contributed by atoms with van der Waals surface area (Å²) in [6, 6.07) is 6.25. The first-order valence-corrected chi connectivity index (χ1v) is 10.2. The molecule has 1 aromatic carbocycles. The number of aromatic nitrogens is 2. The summed E-state index contributed by atoms with van der Waals surface area (Å²) < 4.78 is 40.5. The zero-order valence-corrected chi connectivity index (χ0v) is 17.2. The van der Waals surface area contributed by atoms with Crippen LogP contribution in [0.25, 0.3) is 10.2 Å². The molecule has 0 aliphatic carbocycles. The van der Waals surface area contributed by atoms with Crippen LogP contribution in [0.3, 0.4) is 0 Å². The topological polar surface area (TPSA) is 58.4 Å². The fraction of sp³-hybridized carbons (Fsp3) is 0.350. The van der Waals surface area contributed by atoms with E-state index in [4.69, 9.17) is 0 Å². The van der Waals surface area contributed by atoms with E-state index in [0.717, 1.165) is 28.0 Å². The van der Waals surface area contributed by atoms with Crippen molar-refractivity contribution in [3.63, 3.8) is 0 Å². The van der Waals surface area contributed by atoms with Crippen molar-refractivity contribution in [1.29, 1.82) is 0 Å². The molecule has 0 bridgehead atoms. The Morgan fingerprint density at radius 2 is 1.67 bits per heavy atom. The number of alkyl halides is 3. The van der Waals surface area contributed by atoms with Gasteiger partial charge >= 0.3 is 6.18 Å². The van der Waals surface area contributed by atoms with Gasteiger partial charge in [-0.3, -0.25) is 14.3 Å². The number of benzene rings is 1. The van der Waals surface area contributed by atoms with Crippen molar-refractivity contribution in [1.82, 2.24) is 19.6 Å². The van der Waals surface area contributed by atoms with Gasteiger partial charge in [-0.2, -0.15) is 18.3 Å². The van der Waals surface area contributed by atoms with Crippen molar-refractivity contribution in [2.45, 2.75) is 13.1 Å². The number of fused-ring (bicyclic) bond motifs is 1. The maximum atomic E-state index is 12.9. The number of amides is 2. The Hall–Kier alpha value is -2.88. The molecule has 1 fully saturated rings. The van der Waals surface area contributed by atoms with E-state index < -0.39 is 17.6 Å². The average Bonchev–Trinajstić information content (AvgIpc) is 3.28. The third-order valence-electron chi connectivity index (χ3n) is 5.20. The number of nitrogens with zero attached hydrogens (tertiary/aromatic N) is 4. The molecular formula is C20H19F3N4O2S. The summed E-state index contributed by atoms with van der Waals surface area (Å²) in [4.78, 5) is 30.2. The standard InChI is InChI=1S/C20H19F3N4O2S/c1-12-15-11-16(30-19(15)25(2)24-12)18(29)27-8-6-26(7-9-27)17(28)13-4-3-5-14(10-13)20(21,22)23/h3-5,10-11H,6-9H2,1-2H3. The predicted molar refractivity (Wildman–Crippen MR) is 107 cm³/mol. The minimum atomic E-state index is -4.50. The SMILES string of the molecule is Cc1nn(C)c2sc(C(=O)N3CCN(C(=O)c4cccc(C(F)(F)F)c4)CC3)cc12. The Kier molecular flexibility index (Phi) is 5.05. The van der Waals surface area contributed by atoms with Gasteiger partial charge in [-0.05, 0) is 31.2 Å². The minimum absolute atomic E-state index is 0.00270. The van der Waals surface area contributed by atoms with Crippen molar-refractivity contribution in [2.24, 2.45) is 7.05 Å². The number of carbonyl (C=O) groups excluding carboxylic acids is 2. The molecule has 30 heavy (non-hydrogen) atoms. The Bertz CT molecular complexity index is 1090. The second-order valence-electron chi connectivity index (χ2n) is 7.20. The molecule has 1 saturated heterocycles. The summed E-state index contributed by atoms with van der Waals surface area (Å²) in [6.07, 6.45) is -4.50. The monoisotopic (exact) mass is 436 g/mol. The third kappa shape index (κ3) is 3.67. The van der Waals surface area contributed by atoms with Gasteiger partial charge in [-0.15, -0.1) is 11.3 Å². The third-order valence-corrected chi connectivity index (χ3v) is 6.39. The highest BCUT2D eigenvalue weighted by Gasteiger charge is 2.32. The van der Waals surface area contributed by atoms with Gasteiger partial charge in [0.2, 0.25) is 0 Å². The Morgan fingerprint density at radius 1 is 1.03 bits per heavy atom. The first-order valence-electron chi connectivity index (χ1n) is 9.34. The van der Waals surface area contributed by atoms with Gasteiger partial charge in [0, 0.05) is 44.2 Å². The largest absolute Gasteiger partial charge is 0.416 e. The van der Waals surface area contributed by atoms with Crippen LogP contribution in [0, 0.1) is 6.92 Å². The zero-order chi connectivity index (χ0) is 21.6. The smallest absolute Gasteiger partial charge is 0.335 e. The van der Waals surface area contributed by atoms with Gasteiger partial charge < -0.3 is 9.80 Å². The number of piperazine rings is 1. The van der Waals surface area contributed by atoms with Crippen LogP contribution in [-0.4, -0.2) is 57.6 Å². The zero-order valence-electron chi connectivity index (χ0n) is 16.4. The molecule has 3 heterocycles. The second-order valence-corrected chi connectivity index (χ2v) is 8.23. The molecular weight excluding hydrogens is 417 g/mol. The number of aryl methyl sites for hydroxylation is 2. The summed E-state index contributed by atoms with van der Waals surface area (Å²) in [7, 11) is 1.83. The molecule has 0 N–H and O–H groups in total. The van der Waals surface area contributed by atoms with Crippen LogP contribution in [-0.2, 0) is 13.2 Å².